The van der Waals surface area contributed by atoms with Crippen molar-refractivity contribution in [2.24, 2.45) is 0 Å². The number of nitrogens with zero attached hydrogens (tertiary/aromatic N) is 1. The van der Waals surface area contributed by atoms with Crippen LogP contribution in [-0.2, 0) is 25.9 Å². The lowest BCUT2D eigenvalue weighted by Crippen LogP contribution is -2.26. The minimum absolute atomic E-state index is 0.00687. The van der Waals surface area contributed by atoms with Gasteiger partial charge in [0.2, 0.25) is 15.9 Å². The molecule has 0 unspecified atom stereocenters. The summed E-state index contributed by atoms with van der Waals surface area (Å²) in [4.78, 5) is 27.9. The van der Waals surface area contributed by atoms with E-state index in [1.807, 2.05) is 0 Å². The van der Waals surface area contributed by atoms with Crippen LogP contribution in [-0.4, -0.2) is 53.2 Å². The number of esters is 2. The second-order valence-corrected chi connectivity index (χ2v) is 8.52. The quantitative estimate of drug-likeness (QED) is 0.464. The monoisotopic (exact) mass is 474 g/mol. The topological polar surface area (TPSA) is 134 Å². The number of ether oxygens (including phenoxy) is 3. The fourth-order valence-corrected chi connectivity index (χ4v) is 4.01. The van der Waals surface area contributed by atoms with Crippen molar-refractivity contribution in [3.05, 3.63) is 65.5 Å². The van der Waals surface area contributed by atoms with Crippen LogP contribution in [0.5, 0.6) is 5.75 Å². The molecule has 0 fully saturated rings. The fraction of sp³-hybridized carbons (Fsp3) is 0.227. The molecule has 33 heavy (non-hydrogen) atoms. The molecule has 3 aromatic rings. The molecule has 1 aromatic heterocycles. The van der Waals surface area contributed by atoms with Gasteiger partial charge in [-0.25, -0.2) is 27.7 Å². The molecular formula is C22H22N2O8S. The van der Waals surface area contributed by atoms with E-state index in [4.69, 9.17) is 9.15 Å². The minimum atomic E-state index is -4.05. The Morgan fingerprint density at radius 1 is 0.970 bits per heavy atom. The van der Waals surface area contributed by atoms with E-state index in [9.17, 15) is 18.0 Å². The Balaban J connectivity index is 1.72. The molecular weight excluding hydrogens is 452 g/mol. The zero-order chi connectivity index (χ0) is 24.0. The standard InChI is InChI=1S/C22H22N2O8S/c1-29-18-6-4-14(5-7-18)20-24-17(13-32-20)8-9-23-33(27,28)19-11-15(21(25)30-2)10-16(12-19)22(26)31-3/h4-7,10-13,23H,8-9H2,1-3H3. The van der Waals surface area contributed by atoms with Crippen LogP contribution in [0.4, 0.5) is 0 Å². The molecule has 1 heterocycles. The molecule has 0 radical (unpaired) electrons. The van der Waals surface area contributed by atoms with Gasteiger partial charge in [0.25, 0.3) is 0 Å². The highest BCUT2D eigenvalue weighted by molar-refractivity contribution is 7.89. The summed E-state index contributed by atoms with van der Waals surface area (Å²) in [5, 5.41) is 0. The average Bonchev–Trinajstić information content (AvgIpc) is 3.31. The molecule has 11 heteroatoms. The lowest BCUT2D eigenvalue weighted by Gasteiger charge is -2.10. The van der Waals surface area contributed by atoms with Gasteiger partial charge < -0.3 is 18.6 Å². The molecule has 0 atom stereocenters. The van der Waals surface area contributed by atoms with Crippen molar-refractivity contribution in [3.63, 3.8) is 0 Å². The van der Waals surface area contributed by atoms with Crippen LogP contribution in [0.2, 0.25) is 0 Å². The predicted octanol–water partition coefficient (Wildman–Crippen LogP) is 2.44. The maximum Gasteiger partial charge on any atom is 0.337 e. The van der Waals surface area contributed by atoms with Gasteiger partial charge in [-0.3, -0.25) is 0 Å². The first-order valence-electron chi connectivity index (χ1n) is 9.67. The van der Waals surface area contributed by atoms with Crippen LogP contribution in [0, 0.1) is 0 Å². The van der Waals surface area contributed by atoms with Gasteiger partial charge >= 0.3 is 11.9 Å². The zero-order valence-corrected chi connectivity index (χ0v) is 19.0. The van der Waals surface area contributed by atoms with Crippen LogP contribution in [0.1, 0.15) is 26.4 Å². The Labute approximate surface area is 190 Å². The molecule has 0 spiro atoms. The summed E-state index contributed by atoms with van der Waals surface area (Å²) in [5.41, 5.74) is 1.10. The van der Waals surface area contributed by atoms with Gasteiger partial charge in [0.15, 0.2) is 0 Å². The van der Waals surface area contributed by atoms with Gasteiger partial charge in [-0.1, -0.05) is 0 Å². The molecule has 10 nitrogen and oxygen atoms in total. The van der Waals surface area contributed by atoms with Crippen molar-refractivity contribution in [1.82, 2.24) is 9.71 Å². The van der Waals surface area contributed by atoms with Crippen molar-refractivity contribution in [3.8, 4) is 17.2 Å². The van der Waals surface area contributed by atoms with Crippen molar-refractivity contribution in [2.75, 3.05) is 27.9 Å². The number of oxazole rings is 1. The summed E-state index contributed by atoms with van der Waals surface area (Å²) >= 11 is 0. The highest BCUT2D eigenvalue weighted by atomic mass is 32.2. The van der Waals surface area contributed by atoms with Crippen molar-refractivity contribution < 1.29 is 36.6 Å². The summed E-state index contributed by atoms with van der Waals surface area (Å²) in [6, 6.07) is 10.6. The average molecular weight is 474 g/mol. The van der Waals surface area contributed by atoms with Gasteiger partial charge in [0.05, 0.1) is 43.0 Å². The highest BCUT2D eigenvalue weighted by Gasteiger charge is 2.21. The number of methoxy groups -OCH3 is 3. The van der Waals surface area contributed by atoms with E-state index >= 15 is 0 Å². The number of aromatic nitrogens is 1. The number of rotatable bonds is 9. The van der Waals surface area contributed by atoms with Crippen molar-refractivity contribution in [1.29, 1.82) is 0 Å². The minimum Gasteiger partial charge on any atom is -0.497 e. The SMILES string of the molecule is COC(=O)c1cc(C(=O)OC)cc(S(=O)(=O)NCCc2coc(-c3ccc(OC)cc3)n2)c1. The Bertz CT molecular complexity index is 1220. The van der Waals surface area contributed by atoms with Crippen LogP contribution in [0.15, 0.2) is 58.0 Å². The second-order valence-electron chi connectivity index (χ2n) is 6.75. The van der Waals surface area contributed by atoms with E-state index in [0.717, 1.165) is 31.9 Å². The largest absolute Gasteiger partial charge is 0.497 e. The number of hydrogen-bond donors (Lipinski definition) is 1. The molecule has 0 saturated carbocycles. The van der Waals surface area contributed by atoms with E-state index in [1.165, 1.54) is 12.3 Å². The zero-order valence-electron chi connectivity index (χ0n) is 18.2. The van der Waals surface area contributed by atoms with E-state index in [1.54, 1.807) is 31.4 Å². The molecule has 0 amide bonds. The summed E-state index contributed by atoms with van der Waals surface area (Å²) < 4.78 is 47.8. The number of benzene rings is 2. The lowest BCUT2D eigenvalue weighted by molar-refractivity contribution is 0.0598. The summed E-state index contributed by atoms with van der Waals surface area (Å²) in [6.07, 6.45) is 1.69. The highest BCUT2D eigenvalue weighted by Crippen LogP contribution is 2.22. The van der Waals surface area contributed by atoms with E-state index in [0.29, 0.717) is 17.3 Å². The maximum atomic E-state index is 12.8. The molecule has 2 aromatic carbocycles. The number of sulfonamides is 1. The molecule has 174 valence electrons. The molecule has 3 rings (SSSR count). The fourth-order valence-electron chi connectivity index (χ4n) is 2.91. The normalized spacial score (nSPS) is 11.1. The number of carbonyl (C=O) groups is 2. The Morgan fingerprint density at radius 2 is 1.58 bits per heavy atom. The Hall–Kier alpha value is -3.70. The third kappa shape index (κ3) is 5.76. The molecule has 0 aliphatic rings. The number of carbonyl (C=O) groups excluding carboxylic acids is 2. The molecule has 0 aliphatic heterocycles. The lowest BCUT2D eigenvalue weighted by atomic mass is 10.1. The Kier molecular flexibility index (Phi) is 7.46. The number of hydrogen-bond acceptors (Lipinski definition) is 9. The van der Waals surface area contributed by atoms with E-state index in [2.05, 4.69) is 19.2 Å². The van der Waals surface area contributed by atoms with Gasteiger partial charge in [0, 0.05) is 18.5 Å². The van der Waals surface area contributed by atoms with Crippen LogP contribution >= 0.6 is 0 Å². The van der Waals surface area contributed by atoms with Crippen LogP contribution in [0.25, 0.3) is 11.5 Å². The van der Waals surface area contributed by atoms with Gasteiger partial charge in [0.1, 0.15) is 12.0 Å². The second kappa shape index (κ2) is 10.3. The first kappa shape index (κ1) is 24.0. The first-order valence-corrected chi connectivity index (χ1v) is 11.2. The predicted molar refractivity (Wildman–Crippen MR) is 117 cm³/mol. The van der Waals surface area contributed by atoms with Gasteiger partial charge in [-0.05, 0) is 42.5 Å². The van der Waals surface area contributed by atoms with E-state index < -0.39 is 22.0 Å². The molecule has 1 N–H and O–H groups in total. The first-order chi connectivity index (χ1) is 15.8. The third-order valence-electron chi connectivity index (χ3n) is 4.62. The van der Waals surface area contributed by atoms with Crippen LogP contribution in [0.3, 0.4) is 0 Å². The molecule has 0 saturated heterocycles. The van der Waals surface area contributed by atoms with Gasteiger partial charge in [-0.2, -0.15) is 0 Å². The summed E-state index contributed by atoms with van der Waals surface area (Å²) in [5.74, 6) is -0.479. The molecule has 0 aliphatic carbocycles. The summed E-state index contributed by atoms with van der Waals surface area (Å²) in [7, 11) is -0.178. The summed E-state index contributed by atoms with van der Waals surface area (Å²) in [6.45, 7) is 0.00687. The van der Waals surface area contributed by atoms with Crippen LogP contribution < -0.4 is 9.46 Å². The smallest absolute Gasteiger partial charge is 0.337 e. The maximum absolute atomic E-state index is 12.8. The number of nitrogens with one attached hydrogen (secondary N) is 1. The Morgan fingerprint density at radius 3 is 2.12 bits per heavy atom. The third-order valence-corrected chi connectivity index (χ3v) is 6.06. The van der Waals surface area contributed by atoms with Crippen molar-refractivity contribution >= 4 is 22.0 Å². The van der Waals surface area contributed by atoms with Gasteiger partial charge in [-0.15, -0.1) is 0 Å². The van der Waals surface area contributed by atoms with Crippen molar-refractivity contribution in [2.45, 2.75) is 11.3 Å². The molecule has 0 bridgehead atoms. The van der Waals surface area contributed by atoms with E-state index in [-0.39, 0.29) is 29.0 Å².